The lowest BCUT2D eigenvalue weighted by molar-refractivity contribution is -0.0490. The van der Waals surface area contributed by atoms with Crippen molar-refractivity contribution < 1.29 is 22.5 Å². The Bertz CT molecular complexity index is 1070. The molecule has 0 aliphatic heterocycles. The zero-order valence-electron chi connectivity index (χ0n) is 20.0. The number of carbonyl (C=O) groups is 1. The van der Waals surface area contributed by atoms with Crippen LogP contribution in [0, 0.1) is 28.1 Å². The van der Waals surface area contributed by atoms with Gasteiger partial charge in [-0.25, -0.2) is 4.79 Å². The van der Waals surface area contributed by atoms with Crippen LogP contribution in [0.25, 0.3) is 0 Å². The number of carboxylic acid groups (broad SMARTS) is 1. The summed E-state index contributed by atoms with van der Waals surface area (Å²) < 4.78 is 31.4. The lowest BCUT2D eigenvalue weighted by Gasteiger charge is -2.59. The van der Waals surface area contributed by atoms with Crippen molar-refractivity contribution in [1.29, 1.82) is 0 Å². The lowest BCUT2D eigenvalue weighted by Crippen LogP contribution is -2.51. The monoisotopic (exact) mass is 472 g/mol. The third-order valence-corrected chi connectivity index (χ3v) is 10.2. The number of rotatable bonds is 6. The van der Waals surface area contributed by atoms with Gasteiger partial charge in [-0.3, -0.25) is 4.18 Å². The molecule has 1 N–H and O–H groups in total. The first-order valence-electron chi connectivity index (χ1n) is 12.0. The molecule has 3 aliphatic carbocycles. The van der Waals surface area contributed by atoms with Crippen LogP contribution in [0.4, 0.5) is 0 Å². The fraction of sp³-hybridized carbons (Fsp3) is 0.593. The summed E-state index contributed by atoms with van der Waals surface area (Å²) in [4.78, 5) is 11.1. The van der Waals surface area contributed by atoms with Crippen molar-refractivity contribution in [3.05, 3.63) is 54.1 Å². The van der Waals surface area contributed by atoms with Crippen LogP contribution in [0.5, 0.6) is 0 Å². The van der Waals surface area contributed by atoms with Crippen LogP contribution in [0.3, 0.4) is 0 Å². The number of benzene rings is 1. The van der Waals surface area contributed by atoms with E-state index in [9.17, 15) is 13.2 Å². The van der Waals surface area contributed by atoms with Crippen molar-refractivity contribution >= 4 is 16.1 Å². The van der Waals surface area contributed by atoms with E-state index in [2.05, 4.69) is 39.5 Å². The first-order chi connectivity index (χ1) is 15.4. The van der Waals surface area contributed by atoms with E-state index in [0.29, 0.717) is 11.8 Å². The minimum Gasteiger partial charge on any atom is -0.478 e. The van der Waals surface area contributed by atoms with Crippen molar-refractivity contribution in [1.82, 2.24) is 0 Å². The molecule has 2 saturated carbocycles. The summed E-state index contributed by atoms with van der Waals surface area (Å²) >= 11 is 0. The maximum Gasteiger partial charge on any atom is 0.335 e. The number of carboxylic acids is 1. The second-order valence-electron chi connectivity index (χ2n) is 11.2. The van der Waals surface area contributed by atoms with Crippen LogP contribution in [-0.4, -0.2) is 26.1 Å². The van der Waals surface area contributed by atoms with Gasteiger partial charge >= 0.3 is 5.97 Å². The summed E-state index contributed by atoms with van der Waals surface area (Å²) in [7, 11) is -3.96. The molecule has 33 heavy (non-hydrogen) atoms. The zero-order chi connectivity index (χ0) is 24.1. The predicted molar refractivity (Wildman–Crippen MR) is 128 cm³/mol. The summed E-state index contributed by atoms with van der Waals surface area (Å²) in [6, 6.07) is 5.21. The van der Waals surface area contributed by atoms with Crippen LogP contribution >= 0.6 is 0 Å². The van der Waals surface area contributed by atoms with Crippen LogP contribution < -0.4 is 0 Å². The van der Waals surface area contributed by atoms with Gasteiger partial charge in [-0.05, 0) is 90.9 Å². The number of aromatic carboxylic acids is 1. The van der Waals surface area contributed by atoms with Crippen LogP contribution in [-0.2, 0) is 14.3 Å². The molecule has 6 heteroatoms. The lowest BCUT2D eigenvalue weighted by atomic mass is 9.46. The molecule has 0 spiro atoms. The number of hydrogen-bond acceptors (Lipinski definition) is 4. The fourth-order valence-corrected chi connectivity index (χ4v) is 7.99. The normalized spacial score (nSPS) is 36.3. The molecule has 180 valence electrons. The Morgan fingerprint density at radius 3 is 2.52 bits per heavy atom. The molecule has 2 fully saturated rings. The Balaban J connectivity index is 1.54. The molecular formula is C27H36O5S. The van der Waals surface area contributed by atoms with E-state index in [1.165, 1.54) is 24.3 Å². The summed E-state index contributed by atoms with van der Waals surface area (Å²) in [6.07, 6.45) is 12.1. The predicted octanol–water partition coefficient (Wildman–Crippen LogP) is 6.23. The van der Waals surface area contributed by atoms with Crippen molar-refractivity contribution in [3.63, 3.8) is 0 Å². The summed E-state index contributed by atoms with van der Waals surface area (Å²) in [5.41, 5.74) is 1.65. The first-order valence-corrected chi connectivity index (χ1v) is 13.4. The Morgan fingerprint density at radius 2 is 1.88 bits per heavy atom. The highest BCUT2D eigenvalue weighted by Crippen LogP contribution is 2.63. The average Bonchev–Trinajstić information content (AvgIpc) is 2.77. The molecule has 5 atom stereocenters. The summed E-state index contributed by atoms with van der Waals surface area (Å²) in [6.45, 7) is 11.1. The number of fused-ring (bicyclic) bond motifs is 3. The molecule has 3 aliphatic rings. The highest BCUT2D eigenvalue weighted by molar-refractivity contribution is 7.86. The van der Waals surface area contributed by atoms with Gasteiger partial charge in [-0.2, -0.15) is 8.42 Å². The van der Waals surface area contributed by atoms with Crippen LogP contribution in [0.15, 0.2) is 53.5 Å². The molecule has 1 aromatic carbocycles. The van der Waals surface area contributed by atoms with Gasteiger partial charge in [0.15, 0.2) is 0 Å². The maximum absolute atomic E-state index is 12.9. The molecule has 0 radical (unpaired) electrons. The Labute approximate surface area is 198 Å². The highest BCUT2D eigenvalue weighted by atomic mass is 32.2. The van der Waals surface area contributed by atoms with Gasteiger partial charge in [0.05, 0.1) is 17.1 Å². The van der Waals surface area contributed by atoms with E-state index >= 15 is 0 Å². The van der Waals surface area contributed by atoms with E-state index in [-0.39, 0.29) is 33.3 Å². The molecule has 2 unspecified atom stereocenters. The second-order valence-corrected chi connectivity index (χ2v) is 12.8. The number of hydrogen-bond donors (Lipinski definition) is 1. The van der Waals surface area contributed by atoms with Gasteiger partial charge in [-0.15, -0.1) is 6.58 Å². The van der Waals surface area contributed by atoms with Crippen molar-refractivity contribution in [2.45, 2.75) is 70.6 Å². The van der Waals surface area contributed by atoms with E-state index < -0.39 is 16.1 Å². The third-order valence-electron chi connectivity index (χ3n) is 8.89. The van der Waals surface area contributed by atoms with E-state index in [0.717, 1.165) is 44.9 Å². The SMILES string of the molecule is C=C[C@@]1(C)CC=C2C(CCC3[C@](C)(COS(=O)(=O)c4ccc(C(=O)O)cc4)CCC[C@@]23C)C1. The standard InChI is InChI=1S/C27H36O5S/c1-5-25(2)16-13-22-20(17-25)9-12-23-26(3,14-6-15-27(22,23)4)18-32-33(30,31)21-10-7-19(8-11-21)24(28)29/h5,7-8,10-11,13,20,23H,1,6,9,12,14-18H2,2-4H3,(H,28,29)/t20?,23?,25-,26-,27-/m0/s1. The Morgan fingerprint density at radius 1 is 1.18 bits per heavy atom. The van der Waals surface area contributed by atoms with Gasteiger partial charge in [0.1, 0.15) is 0 Å². The van der Waals surface area contributed by atoms with Crippen molar-refractivity contribution in [2.75, 3.05) is 6.61 Å². The summed E-state index contributed by atoms with van der Waals surface area (Å²) in [5, 5.41) is 9.06. The fourth-order valence-electron chi connectivity index (χ4n) is 6.96. The van der Waals surface area contributed by atoms with Gasteiger partial charge in [0.2, 0.25) is 0 Å². The maximum atomic E-state index is 12.9. The highest BCUT2D eigenvalue weighted by Gasteiger charge is 2.55. The van der Waals surface area contributed by atoms with E-state index in [1.54, 1.807) is 5.57 Å². The number of allylic oxidation sites excluding steroid dienone is 3. The van der Waals surface area contributed by atoms with E-state index in [4.69, 9.17) is 9.29 Å². The molecule has 0 heterocycles. The van der Waals surface area contributed by atoms with Gasteiger partial charge in [0.25, 0.3) is 10.1 Å². The Kier molecular flexibility index (Phi) is 6.15. The quantitative estimate of drug-likeness (QED) is 0.392. The molecule has 0 aromatic heterocycles. The van der Waals surface area contributed by atoms with E-state index in [1.807, 2.05) is 0 Å². The van der Waals surface area contributed by atoms with Gasteiger partial charge < -0.3 is 5.11 Å². The van der Waals surface area contributed by atoms with Crippen molar-refractivity contribution in [3.8, 4) is 0 Å². The van der Waals surface area contributed by atoms with Gasteiger partial charge in [0, 0.05) is 0 Å². The van der Waals surface area contributed by atoms with Crippen LogP contribution in [0.1, 0.15) is 76.1 Å². The third kappa shape index (κ3) is 4.32. The molecular weight excluding hydrogens is 436 g/mol. The molecule has 4 rings (SSSR count). The molecule has 0 amide bonds. The molecule has 5 nitrogen and oxygen atoms in total. The zero-order valence-corrected chi connectivity index (χ0v) is 20.8. The molecule has 0 saturated heterocycles. The second kappa shape index (κ2) is 8.38. The summed E-state index contributed by atoms with van der Waals surface area (Å²) in [5.74, 6) is -0.128. The molecule has 0 bridgehead atoms. The van der Waals surface area contributed by atoms with Crippen molar-refractivity contribution in [2.24, 2.45) is 28.1 Å². The smallest absolute Gasteiger partial charge is 0.335 e. The molecule has 1 aromatic rings. The van der Waals surface area contributed by atoms with Crippen LogP contribution in [0.2, 0.25) is 0 Å². The first kappa shape index (κ1) is 24.2. The minimum absolute atomic E-state index is 0.00270. The topological polar surface area (TPSA) is 80.7 Å². The minimum atomic E-state index is -3.96. The average molecular weight is 473 g/mol. The van der Waals surface area contributed by atoms with Gasteiger partial charge in [-0.1, -0.05) is 44.9 Å². The largest absolute Gasteiger partial charge is 0.478 e. The Hall–Kier alpha value is -1.92.